The Bertz CT molecular complexity index is 711. The third-order valence-corrected chi connectivity index (χ3v) is 2.66. The zero-order valence-corrected chi connectivity index (χ0v) is 11.0. The van der Waals surface area contributed by atoms with Gasteiger partial charge in [0.25, 0.3) is 5.69 Å². The summed E-state index contributed by atoms with van der Waals surface area (Å²) in [5, 5.41) is 13.3. The maximum atomic E-state index is 11.7. The first-order valence-corrected chi connectivity index (χ1v) is 6.13. The molecule has 0 atom stereocenters. The minimum atomic E-state index is -0.482. The van der Waals surface area contributed by atoms with Crippen LogP contribution in [0.3, 0.4) is 0 Å². The molecular formula is C15H13N3O3. The fraction of sp³-hybridized carbons (Fsp3) is 0. The number of nitrogens with two attached hydrogens (primary N) is 1. The maximum absolute atomic E-state index is 11.7. The summed E-state index contributed by atoms with van der Waals surface area (Å²) in [6.07, 6.45) is 2.82. The third-order valence-electron chi connectivity index (χ3n) is 2.66. The number of hydrogen-bond donors (Lipinski definition) is 2. The molecule has 0 aromatic heterocycles. The predicted octanol–water partition coefficient (Wildman–Crippen LogP) is 2.83. The van der Waals surface area contributed by atoms with Crippen molar-refractivity contribution in [1.82, 2.24) is 0 Å². The molecule has 0 aliphatic rings. The number of nitrogen functional groups attached to an aromatic ring is 1. The SMILES string of the molecule is Nc1cccc(NC(=O)/C=C/c2cccc([N+](=O)[O-])c2)c1. The lowest BCUT2D eigenvalue weighted by atomic mass is 10.2. The Labute approximate surface area is 121 Å². The van der Waals surface area contributed by atoms with Gasteiger partial charge in [-0.05, 0) is 29.8 Å². The average molecular weight is 283 g/mol. The third kappa shape index (κ3) is 4.17. The number of nitrogens with zero attached hydrogens (tertiary/aromatic N) is 1. The summed E-state index contributed by atoms with van der Waals surface area (Å²) in [6, 6.07) is 12.8. The van der Waals surface area contributed by atoms with Crippen LogP contribution >= 0.6 is 0 Å². The number of carbonyl (C=O) groups excluding carboxylic acids is 1. The van der Waals surface area contributed by atoms with E-state index in [4.69, 9.17) is 5.73 Å². The fourth-order valence-electron chi connectivity index (χ4n) is 1.71. The van der Waals surface area contributed by atoms with Gasteiger partial charge in [-0.25, -0.2) is 0 Å². The largest absolute Gasteiger partial charge is 0.399 e. The van der Waals surface area contributed by atoms with Crippen LogP contribution in [0.1, 0.15) is 5.56 Å². The van der Waals surface area contributed by atoms with E-state index in [9.17, 15) is 14.9 Å². The average Bonchev–Trinajstić information content (AvgIpc) is 2.45. The van der Waals surface area contributed by atoms with E-state index in [-0.39, 0.29) is 11.6 Å². The second-order valence-electron chi connectivity index (χ2n) is 4.30. The molecule has 0 radical (unpaired) electrons. The van der Waals surface area contributed by atoms with Crippen molar-refractivity contribution >= 4 is 29.0 Å². The number of nitrogens with one attached hydrogen (secondary N) is 1. The van der Waals surface area contributed by atoms with Crippen LogP contribution in [0, 0.1) is 10.1 Å². The van der Waals surface area contributed by atoms with E-state index in [2.05, 4.69) is 5.32 Å². The Balaban J connectivity index is 2.05. The van der Waals surface area contributed by atoms with Gasteiger partial charge >= 0.3 is 0 Å². The highest BCUT2D eigenvalue weighted by molar-refractivity contribution is 6.02. The van der Waals surface area contributed by atoms with Crippen LogP contribution in [-0.2, 0) is 4.79 Å². The summed E-state index contributed by atoms with van der Waals surface area (Å²) in [4.78, 5) is 21.9. The molecule has 0 saturated heterocycles. The van der Waals surface area contributed by atoms with Gasteiger partial charge in [0.05, 0.1) is 4.92 Å². The van der Waals surface area contributed by atoms with Crippen molar-refractivity contribution in [3.05, 3.63) is 70.3 Å². The molecule has 6 nitrogen and oxygen atoms in total. The number of anilines is 2. The highest BCUT2D eigenvalue weighted by atomic mass is 16.6. The molecule has 2 rings (SSSR count). The standard InChI is InChI=1S/C15H13N3O3/c16-12-4-2-5-13(10-12)17-15(19)8-7-11-3-1-6-14(9-11)18(20)21/h1-10H,16H2,(H,17,19)/b8-7+. The van der Waals surface area contributed by atoms with E-state index in [1.165, 1.54) is 24.3 Å². The quantitative estimate of drug-likeness (QED) is 0.390. The summed E-state index contributed by atoms with van der Waals surface area (Å²) < 4.78 is 0. The van der Waals surface area contributed by atoms with E-state index < -0.39 is 4.92 Å². The smallest absolute Gasteiger partial charge is 0.270 e. The van der Waals surface area contributed by atoms with Crippen LogP contribution in [0.25, 0.3) is 6.08 Å². The van der Waals surface area contributed by atoms with E-state index in [1.807, 2.05) is 0 Å². The second-order valence-corrected chi connectivity index (χ2v) is 4.30. The lowest BCUT2D eigenvalue weighted by molar-refractivity contribution is -0.384. The molecule has 0 unspecified atom stereocenters. The first kappa shape index (κ1) is 14.3. The first-order chi connectivity index (χ1) is 10.0. The fourth-order valence-corrected chi connectivity index (χ4v) is 1.71. The van der Waals surface area contributed by atoms with Gasteiger partial charge in [-0.3, -0.25) is 14.9 Å². The Morgan fingerprint density at radius 1 is 1.19 bits per heavy atom. The van der Waals surface area contributed by atoms with Crippen LogP contribution < -0.4 is 11.1 Å². The van der Waals surface area contributed by atoms with Gasteiger partial charge in [0.15, 0.2) is 0 Å². The number of rotatable bonds is 4. The van der Waals surface area contributed by atoms with Gasteiger partial charge in [0.2, 0.25) is 5.91 Å². The second kappa shape index (κ2) is 6.33. The van der Waals surface area contributed by atoms with Crippen LogP contribution in [0.5, 0.6) is 0 Å². The van der Waals surface area contributed by atoms with Gasteiger partial charge in [0, 0.05) is 29.6 Å². The monoisotopic (exact) mass is 283 g/mol. The molecule has 21 heavy (non-hydrogen) atoms. The number of carbonyl (C=O) groups is 1. The molecule has 0 saturated carbocycles. The summed E-state index contributed by atoms with van der Waals surface area (Å²) in [6.45, 7) is 0. The number of nitro groups is 1. The molecule has 0 heterocycles. The molecule has 1 amide bonds. The minimum absolute atomic E-state index is 0.0200. The molecule has 6 heteroatoms. The molecule has 0 aliphatic heterocycles. The van der Waals surface area contributed by atoms with Crippen molar-refractivity contribution < 1.29 is 9.72 Å². The minimum Gasteiger partial charge on any atom is -0.399 e. The van der Waals surface area contributed by atoms with Crippen LogP contribution in [0.15, 0.2) is 54.6 Å². The predicted molar refractivity (Wildman–Crippen MR) is 81.6 cm³/mol. The van der Waals surface area contributed by atoms with Gasteiger partial charge < -0.3 is 11.1 Å². The molecule has 2 aromatic rings. The topological polar surface area (TPSA) is 98.3 Å². The maximum Gasteiger partial charge on any atom is 0.270 e. The molecule has 0 fully saturated rings. The summed E-state index contributed by atoms with van der Waals surface area (Å²) in [7, 11) is 0. The molecule has 106 valence electrons. The van der Waals surface area contributed by atoms with Crippen LogP contribution in [-0.4, -0.2) is 10.8 Å². The summed E-state index contributed by atoms with van der Waals surface area (Å²) in [5.74, 6) is -0.341. The number of hydrogen-bond acceptors (Lipinski definition) is 4. The molecule has 0 spiro atoms. The van der Waals surface area contributed by atoms with Crippen LogP contribution in [0.2, 0.25) is 0 Å². The van der Waals surface area contributed by atoms with Gasteiger partial charge in [-0.1, -0.05) is 18.2 Å². The molecule has 0 bridgehead atoms. The first-order valence-electron chi connectivity index (χ1n) is 6.13. The van der Waals surface area contributed by atoms with Crippen molar-refractivity contribution in [2.75, 3.05) is 11.1 Å². The Hall–Kier alpha value is -3.15. The number of amides is 1. The molecular weight excluding hydrogens is 270 g/mol. The van der Waals surface area contributed by atoms with Crippen molar-refractivity contribution in [2.45, 2.75) is 0 Å². The normalized spacial score (nSPS) is 10.5. The van der Waals surface area contributed by atoms with Gasteiger partial charge in [-0.15, -0.1) is 0 Å². The van der Waals surface area contributed by atoms with Crippen molar-refractivity contribution in [3.63, 3.8) is 0 Å². The van der Waals surface area contributed by atoms with Crippen molar-refractivity contribution in [1.29, 1.82) is 0 Å². The number of non-ortho nitro benzene ring substituents is 1. The molecule has 3 N–H and O–H groups in total. The molecule has 0 aliphatic carbocycles. The van der Waals surface area contributed by atoms with E-state index in [0.29, 0.717) is 16.9 Å². The lowest BCUT2D eigenvalue weighted by Gasteiger charge is -2.02. The highest BCUT2D eigenvalue weighted by Gasteiger charge is 2.04. The highest BCUT2D eigenvalue weighted by Crippen LogP contribution is 2.15. The van der Waals surface area contributed by atoms with Crippen molar-refractivity contribution in [3.8, 4) is 0 Å². The van der Waals surface area contributed by atoms with E-state index in [1.54, 1.807) is 36.4 Å². The van der Waals surface area contributed by atoms with E-state index >= 15 is 0 Å². The summed E-state index contributed by atoms with van der Waals surface area (Å²) in [5.41, 5.74) is 7.31. The van der Waals surface area contributed by atoms with Crippen LogP contribution in [0.4, 0.5) is 17.1 Å². The lowest BCUT2D eigenvalue weighted by Crippen LogP contribution is -2.07. The van der Waals surface area contributed by atoms with Crippen molar-refractivity contribution in [2.24, 2.45) is 0 Å². The summed E-state index contributed by atoms with van der Waals surface area (Å²) >= 11 is 0. The zero-order chi connectivity index (χ0) is 15.2. The Morgan fingerprint density at radius 3 is 2.67 bits per heavy atom. The van der Waals surface area contributed by atoms with Gasteiger partial charge in [0.1, 0.15) is 0 Å². The number of benzene rings is 2. The Kier molecular flexibility index (Phi) is 4.30. The van der Waals surface area contributed by atoms with E-state index in [0.717, 1.165) is 0 Å². The van der Waals surface area contributed by atoms with Gasteiger partial charge in [-0.2, -0.15) is 0 Å². The Morgan fingerprint density at radius 2 is 1.95 bits per heavy atom. The zero-order valence-electron chi connectivity index (χ0n) is 11.0. The molecule has 2 aromatic carbocycles. The number of nitro benzene ring substituents is 1.